The highest BCUT2D eigenvalue weighted by Gasteiger charge is 2.27. The maximum Gasteiger partial charge on any atom is 0.340 e. The van der Waals surface area contributed by atoms with Crippen molar-refractivity contribution in [2.75, 3.05) is 13.7 Å². The van der Waals surface area contributed by atoms with Crippen LogP contribution in [0.25, 0.3) is 6.08 Å². The molecule has 0 saturated heterocycles. The van der Waals surface area contributed by atoms with Crippen molar-refractivity contribution in [1.29, 1.82) is 0 Å². The van der Waals surface area contributed by atoms with Gasteiger partial charge in [-0.1, -0.05) is 12.1 Å². The standard InChI is InChI=1S/C23H25NO7/c1-6-30-23(28)19-13(2)20(24-14(19)3)21(26)15(4)31-18(25)12-9-16-7-10-17(11-8-16)22(27)29-5/h7-12,15,24H,6H2,1-5H3/b12-9+. The number of aryl methyl sites for hydroxylation is 1. The molecule has 0 bridgehead atoms. The van der Waals surface area contributed by atoms with E-state index in [1.54, 1.807) is 45.0 Å². The lowest BCUT2D eigenvalue weighted by atomic mass is 10.1. The molecule has 1 N–H and O–H groups in total. The van der Waals surface area contributed by atoms with Crippen molar-refractivity contribution in [3.8, 4) is 0 Å². The second kappa shape index (κ2) is 10.4. The number of rotatable bonds is 8. The van der Waals surface area contributed by atoms with Crippen molar-refractivity contribution in [2.24, 2.45) is 0 Å². The Kier molecular flexibility index (Phi) is 7.90. The third-order valence-electron chi connectivity index (χ3n) is 4.57. The minimum Gasteiger partial charge on any atom is -0.465 e. The number of carbonyl (C=O) groups excluding carboxylic acids is 4. The molecular formula is C23H25NO7. The molecule has 0 aliphatic carbocycles. The summed E-state index contributed by atoms with van der Waals surface area (Å²) in [5.74, 6) is -2.13. The van der Waals surface area contributed by atoms with E-state index >= 15 is 0 Å². The van der Waals surface area contributed by atoms with Crippen LogP contribution in [0.3, 0.4) is 0 Å². The van der Waals surface area contributed by atoms with Gasteiger partial charge in [0.15, 0.2) is 6.10 Å². The van der Waals surface area contributed by atoms with Gasteiger partial charge in [-0.3, -0.25) is 4.79 Å². The third kappa shape index (κ3) is 5.69. The first kappa shape index (κ1) is 23.6. The van der Waals surface area contributed by atoms with E-state index < -0.39 is 29.8 Å². The van der Waals surface area contributed by atoms with Crippen LogP contribution in [-0.2, 0) is 19.0 Å². The summed E-state index contributed by atoms with van der Waals surface area (Å²) in [4.78, 5) is 51.2. The molecular weight excluding hydrogens is 402 g/mol. The van der Waals surface area contributed by atoms with Crippen LogP contribution in [0.4, 0.5) is 0 Å². The van der Waals surface area contributed by atoms with Crippen LogP contribution in [0, 0.1) is 13.8 Å². The van der Waals surface area contributed by atoms with Crippen molar-refractivity contribution >= 4 is 29.8 Å². The summed E-state index contributed by atoms with van der Waals surface area (Å²) in [6, 6.07) is 6.43. The van der Waals surface area contributed by atoms with Gasteiger partial charge in [-0.2, -0.15) is 0 Å². The minimum absolute atomic E-state index is 0.197. The number of ether oxygens (including phenoxy) is 3. The van der Waals surface area contributed by atoms with Crippen LogP contribution in [0.15, 0.2) is 30.3 Å². The van der Waals surface area contributed by atoms with Crippen LogP contribution < -0.4 is 0 Å². The van der Waals surface area contributed by atoms with Crippen LogP contribution in [-0.4, -0.2) is 48.5 Å². The summed E-state index contributed by atoms with van der Waals surface area (Å²) in [5.41, 5.74) is 2.51. The van der Waals surface area contributed by atoms with Gasteiger partial charge in [0.1, 0.15) is 0 Å². The predicted octanol–water partition coefficient (Wildman–Crippen LogP) is 3.42. The number of aromatic nitrogens is 1. The van der Waals surface area contributed by atoms with Crippen LogP contribution >= 0.6 is 0 Å². The van der Waals surface area contributed by atoms with Crippen LogP contribution in [0.2, 0.25) is 0 Å². The summed E-state index contributed by atoms with van der Waals surface area (Å²) in [7, 11) is 1.29. The zero-order valence-electron chi connectivity index (χ0n) is 18.1. The highest BCUT2D eigenvalue weighted by molar-refractivity contribution is 6.04. The number of aromatic amines is 1. The smallest absolute Gasteiger partial charge is 0.340 e. The number of nitrogens with one attached hydrogen (secondary N) is 1. The van der Waals surface area contributed by atoms with Crippen molar-refractivity contribution < 1.29 is 33.4 Å². The number of benzene rings is 1. The summed E-state index contributed by atoms with van der Waals surface area (Å²) < 4.78 is 14.8. The minimum atomic E-state index is -1.06. The van der Waals surface area contributed by atoms with E-state index in [1.165, 1.54) is 26.2 Å². The van der Waals surface area contributed by atoms with Gasteiger partial charge in [0, 0.05) is 11.8 Å². The SMILES string of the molecule is CCOC(=O)c1c(C)[nH]c(C(=O)C(C)OC(=O)/C=C/c2ccc(C(=O)OC)cc2)c1C. The normalized spacial score (nSPS) is 11.8. The number of ketones is 1. The van der Waals surface area contributed by atoms with Gasteiger partial charge in [-0.15, -0.1) is 0 Å². The molecule has 0 amide bonds. The maximum absolute atomic E-state index is 12.7. The Morgan fingerprint density at radius 2 is 1.71 bits per heavy atom. The molecule has 0 radical (unpaired) electrons. The van der Waals surface area contributed by atoms with E-state index in [1.807, 2.05) is 0 Å². The zero-order chi connectivity index (χ0) is 23.1. The zero-order valence-corrected chi connectivity index (χ0v) is 18.1. The van der Waals surface area contributed by atoms with E-state index in [2.05, 4.69) is 9.72 Å². The molecule has 8 heteroatoms. The van der Waals surface area contributed by atoms with E-state index in [-0.39, 0.29) is 12.3 Å². The van der Waals surface area contributed by atoms with Crippen molar-refractivity contribution in [3.05, 3.63) is 64.0 Å². The lowest BCUT2D eigenvalue weighted by molar-refractivity contribution is -0.140. The Morgan fingerprint density at radius 1 is 1.06 bits per heavy atom. The number of Topliss-reactive ketones (excluding diaryl/α,β-unsaturated/α-hetero) is 1. The molecule has 2 rings (SSSR count). The number of carbonyl (C=O) groups is 4. The van der Waals surface area contributed by atoms with Gasteiger partial charge in [0.05, 0.1) is 30.5 Å². The predicted molar refractivity (Wildman–Crippen MR) is 113 cm³/mol. The van der Waals surface area contributed by atoms with Crippen molar-refractivity contribution in [3.63, 3.8) is 0 Å². The largest absolute Gasteiger partial charge is 0.465 e. The van der Waals surface area contributed by atoms with Gasteiger partial charge in [-0.25, -0.2) is 14.4 Å². The summed E-state index contributed by atoms with van der Waals surface area (Å²) in [6.45, 7) is 6.68. The molecule has 8 nitrogen and oxygen atoms in total. The Labute approximate surface area is 180 Å². The number of hydrogen-bond donors (Lipinski definition) is 1. The fraction of sp³-hybridized carbons (Fsp3) is 0.304. The molecule has 0 aliphatic rings. The molecule has 31 heavy (non-hydrogen) atoms. The number of hydrogen-bond acceptors (Lipinski definition) is 7. The van der Waals surface area contributed by atoms with Gasteiger partial charge in [-0.05, 0) is 57.0 Å². The first-order valence-corrected chi connectivity index (χ1v) is 9.67. The molecule has 0 aliphatic heterocycles. The Balaban J connectivity index is 2.05. The topological polar surface area (TPSA) is 112 Å². The van der Waals surface area contributed by atoms with E-state index in [0.29, 0.717) is 27.9 Å². The highest BCUT2D eigenvalue weighted by Crippen LogP contribution is 2.21. The lowest BCUT2D eigenvalue weighted by Gasteiger charge is -2.10. The summed E-state index contributed by atoms with van der Waals surface area (Å²) >= 11 is 0. The average Bonchev–Trinajstić information content (AvgIpc) is 3.05. The fourth-order valence-electron chi connectivity index (χ4n) is 2.99. The monoisotopic (exact) mass is 427 g/mol. The molecule has 1 unspecified atom stereocenters. The number of H-pyrrole nitrogens is 1. The molecule has 1 aromatic heterocycles. The maximum atomic E-state index is 12.7. The van der Waals surface area contributed by atoms with E-state index in [4.69, 9.17) is 9.47 Å². The fourth-order valence-corrected chi connectivity index (χ4v) is 2.99. The molecule has 0 spiro atoms. The quantitative estimate of drug-likeness (QED) is 0.297. The summed E-state index contributed by atoms with van der Waals surface area (Å²) in [6.07, 6.45) is 1.63. The van der Waals surface area contributed by atoms with E-state index in [9.17, 15) is 19.2 Å². The highest BCUT2D eigenvalue weighted by atomic mass is 16.5. The molecule has 0 fully saturated rings. The second-order valence-corrected chi connectivity index (χ2v) is 6.74. The van der Waals surface area contributed by atoms with Crippen molar-refractivity contribution in [2.45, 2.75) is 33.8 Å². The molecule has 164 valence electrons. The Morgan fingerprint density at radius 3 is 2.29 bits per heavy atom. The average molecular weight is 427 g/mol. The van der Waals surface area contributed by atoms with Gasteiger partial charge >= 0.3 is 17.9 Å². The lowest BCUT2D eigenvalue weighted by Crippen LogP contribution is -2.24. The van der Waals surface area contributed by atoms with Crippen LogP contribution in [0.1, 0.15) is 61.9 Å². The number of methoxy groups -OCH3 is 1. The Bertz CT molecular complexity index is 1020. The molecule has 1 aromatic carbocycles. The molecule has 1 atom stereocenters. The summed E-state index contributed by atoms with van der Waals surface area (Å²) in [5, 5.41) is 0. The van der Waals surface area contributed by atoms with Crippen LogP contribution in [0.5, 0.6) is 0 Å². The van der Waals surface area contributed by atoms with Gasteiger partial charge in [0.2, 0.25) is 5.78 Å². The first-order valence-electron chi connectivity index (χ1n) is 9.67. The van der Waals surface area contributed by atoms with E-state index in [0.717, 1.165) is 0 Å². The molecule has 0 saturated carbocycles. The third-order valence-corrected chi connectivity index (χ3v) is 4.57. The molecule has 2 aromatic rings. The second-order valence-electron chi connectivity index (χ2n) is 6.74. The molecule has 1 heterocycles. The Hall–Kier alpha value is -3.68. The van der Waals surface area contributed by atoms with Gasteiger partial charge in [0.25, 0.3) is 0 Å². The first-order chi connectivity index (χ1) is 14.7. The van der Waals surface area contributed by atoms with Crippen molar-refractivity contribution in [1.82, 2.24) is 4.98 Å². The van der Waals surface area contributed by atoms with Gasteiger partial charge < -0.3 is 19.2 Å². The number of esters is 3.